The molecule has 0 saturated carbocycles. The molecule has 1 spiro atoms. The van der Waals surface area contributed by atoms with Crippen LogP contribution in [0.15, 0.2) is 24.3 Å². The minimum atomic E-state index is 0. The van der Waals surface area contributed by atoms with Gasteiger partial charge in [0.15, 0.2) is 0 Å². The fourth-order valence-electron chi connectivity index (χ4n) is 3.49. The van der Waals surface area contributed by atoms with Gasteiger partial charge in [-0.05, 0) is 43.5 Å². The molecule has 0 amide bonds. The molecule has 0 bridgehead atoms. The number of aromatic nitrogens is 1. The molecule has 2 aliphatic heterocycles. The molecule has 6 heteroatoms. The van der Waals surface area contributed by atoms with E-state index in [-0.39, 0.29) is 24.8 Å². The Labute approximate surface area is 141 Å². The third kappa shape index (κ3) is 3.35. The summed E-state index contributed by atoms with van der Waals surface area (Å²) in [6, 6.07) is 8.45. The van der Waals surface area contributed by atoms with E-state index < -0.39 is 0 Å². The lowest BCUT2D eigenvalue weighted by Crippen LogP contribution is -2.28. The maximum absolute atomic E-state index is 4.75. The highest BCUT2D eigenvalue weighted by Gasteiger charge is 2.40. The number of likely N-dealkylation sites (tertiary alicyclic amines) is 1. The standard InChI is InChI=1S/C15H19N3S.2ClH/c1-2-4-13-12(3-1)17-14(19-13)9-18-8-6-15(11-18)5-7-16-10-15;;/h1-4,16H,5-11H2;2*1H. The Bertz CT molecular complexity index is 562. The first-order chi connectivity index (χ1) is 9.33. The summed E-state index contributed by atoms with van der Waals surface area (Å²) in [6.45, 7) is 5.92. The summed E-state index contributed by atoms with van der Waals surface area (Å²) < 4.78 is 1.31. The maximum Gasteiger partial charge on any atom is 0.108 e. The summed E-state index contributed by atoms with van der Waals surface area (Å²) in [5.41, 5.74) is 1.72. The van der Waals surface area contributed by atoms with Gasteiger partial charge in [-0.3, -0.25) is 4.90 Å². The Morgan fingerprint density at radius 3 is 2.86 bits per heavy atom. The number of hydrogen-bond acceptors (Lipinski definition) is 4. The first-order valence-electron chi connectivity index (χ1n) is 7.11. The van der Waals surface area contributed by atoms with E-state index in [9.17, 15) is 0 Å². The number of halogens is 2. The van der Waals surface area contributed by atoms with Crippen LogP contribution in [0.4, 0.5) is 0 Å². The molecule has 4 rings (SSSR count). The van der Waals surface area contributed by atoms with Gasteiger partial charge in [-0.2, -0.15) is 0 Å². The number of nitrogens with zero attached hydrogens (tertiary/aromatic N) is 2. The predicted molar refractivity (Wildman–Crippen MR) is 93.9 cm³/mol. The van der Waals surface area contributed by atoms with E-state index in [2.05, 4.69) is 34.5 Å². The van der Waals surface area contributed by atoms with Crippen molar-refractivity contribution in [2.75, 3.05) is 26.2 Å². The highest BCUT2D eigenvalue weighted by Crippen LogP contribution is 2.37. The Balaban J connectivity index is 0.000000807. The van der Waals surface area contributed by atoms with Crippen LogP contribution in [0.5, 0.6) is 0 Å². The van der Waals surface area contributed by atoms with Gasteiger partial charge in [-0.15, -0.1) is 36.2 Å². The van der Waals surface area contributed by atoms with Crippen molar-refractivity contribution in [3.63, 3.8) is 0 Å². The molecule has 1 N–H and O–H groups in total. The molecule has 2 aliphatic rings. The zero-order valence-electron chi connectivity index (χ0n) is 11.9. The van der Waals surface area contributed by atoms with Crippen LogP contribution >= 0.6 is 36.2 Å². The van der Waals surface area contributed by atoms with Crippen LogP contribution < -0.4 is 5.32 Å². The molecule has 116 valence electrons. The molecule has 3 heterocycles. The van der Waals surface area contributed by atoms with Crippen LogP contribution in [0.2, 0.25) is 0 Å². The van der Waals surface area contributed by atoms with Gasteiger partial charge in [-0.1, -0.05) is 12.1 Å². The summed E-state index contributed by atoms with van der Waals surface area (Å²) in [7, 11) is 0. The van der Waals surface area contributed by atoms with Crippen molar-refractivity contribution < 1.29 is 0 Å². The summed E-state index contributed by atoms with van der Waals surface area (Å²) >= 11 is 1.85. The summed E-state index contributed by atoms with van der Waals surface area (Å²) in [5, 5.41) is 4.79. The molecule has 1 atom stereocenters. The molecule has 2 fully saturated rings. The Morgan fingerprint density at radius 2 is 2.10 bits per heavy atom. The van der Waals surface area contributed by atoms with E-state index in [1.807, 2.05) is 11.3 Å². The van der Waals surface area contributed by atoms with Crippen molar-refractivity contribution in [3.05, 3.63) is 29.3 Å². The average Bonchev–Trinajstić information content (AvgIpc) is 3.11. The summed E-state index contributed by atoms with van der Waals surface area (Å²) in [4.78, 5) is 7.34. The molecule has 0 aliphatic carbocycles. The van der Waals surface area contributed by atoms with Crippen molar-refractivity contribution in [1.82, 2.24) is 15.2 Å². The molecule has 2 saturated heterocycles. The third-order valence-corrected chi connectivity index (χ3v) is 5.57. The van der Waals surface area contributed by atoms with Gasteiger partial charge < -0.3 is 5.32 Å². The van der Waals surface area contributed by atoms with Gasteiger partial charge in [-0.25, -0.2) is 4.98 Å². The lowest BCUT2D eigenvalue weighted by atomic mass is 9.87. The van der Waals surface area contributed by atoms with Gasteiger partial charge >= 0.3 is 0 Å². The van der Waals surface area contributed by atoms with E-state index >= 15 is 0 Å². The Morgan fingerprint density at radius 1 is 1.24 bits per heavy atom. The van der Waals surface area contributed by atoms with E-state index in [4.69, 9.17) is 4.98 Å². The van der Waals surface area contributed by atoms with Crippen molar-refractivity contribution in [3.8, 4) is 0 Å². The molecule has 3 nitrogen and oxygen atoms in total. The Hall–Kier alpha value is -0.390. The van der Waals surface area contributed by atoms with Gasteiger partial charge in [0.25, 0.3) is 0 Å². The zero-order valence-corrected chi connectivity index (χ0v) is 14.3. The van der Waals surface area contributed by atoms with E-state index in [0.717, 1.165) is 12.1 Å². The molecule has 21 heavy (non-hydrogen) atoms. The van der Waals surface area contributed by atoms with Crippen molar-refractivity contribution in [2.24, 2.45) is 5.41 Å². The van der Waals surface area contributed by atoms with E-state index in [0.29, 0.717) is 5.41 Å². The monoisotopic (exact) mass is 345 g/mol. The summed E-state index contributed by atoms with van der Waals surface area (Å²) in [5.74, 6) is 0. The molecule has 2 aromatic rings. The predicted octanol–water partition coefficient (Wildman–Crippen LogP) is 3.33. The molecule has 1 unspecified atom stereocenters. The minimum Gasteiger partial charge on any atom is -0.316 e. The van der Waals surface area contributed by atoms with Crippen LogP contribution in [0.1, 0.15) is 17.8 Å². The van der Waals surface area contributed by atoms with E-state index in [1.165, 1.54) is 48.7 Å². The van der Waals surface area contributed by atoms with Gasteiger partial charge in [0, 0.05) is 13.1 Å². The van der Waals surface area contributed by atoms with Crippen molar-refractivity contribution in [1.29, 1.82) is 0 Å². The molecule has 1 aromatic heterocycles. The van der Waals surface area contributed by atoms with Crippen LogP contribution in [0, 0.1) is 5.41 Å². The number of hydrogen-bond donors (Lipinski definition) is 1. The molecular formula is C15H21Cl2N3S. The lowest BCUT2D eigenvalue weighted by molar-refractivity contribution is 0.268. The molecular weight excluding hydrogens is 325 g/mol. The fourth-order valence-corrected chi connectivity index (χ4v) is 4.50. The summed E-state index contributed by atoms with van der Waals surface area (Å²) in [6.07, 6.45) is 2.70. The first-order valence-corrected chi connectivity index (χ1v) is 7.92. The van der Waals surface area contributed by atoms with E-state index in [1.54, 1.807) is 0 Å². The Kier molecular flexibility index (Phi) is 5.49. The average molecular weight is 346 g/mol. The van der Waals surface area contributed by atoms with Crippen molar-refractivity contribution in [2.45, 2.75) is 19.4 Å². The fraction of sp³-hybridized carbons (Fsp3) is 0.533. The SMILES string of the molecule is Cl.Cl.c1ccc2sc(CN3CCC4(CCNC4)C3)nc2c1. The molecule has 1 aromatic carbocycles. The number of thiazole rings is 1. The van der Waals surface area contributed by atoms with Crippen LogP contribution in [-0.4, -0.2) is 36.1 Å². The highest BCUT2D eigenvalue weighted by atomic mass is 35.5. The normalized spacial score (nSPS) is 25.1. The van der Waals surface area contributed by atoms with Gasteiger partial charge in [0.05, 0.1) is 16.8 Å². The number of benzene rings is 1. The number of fused-ring (bicyclic) bond motifs is 1. The van der Waals surface area contributed by atoms with Crippen molar-refractivity contribution >= 4 is 46.4 Å². The molecule has 0 radical (unpaired) electrons. The van der Waals surface area contributed by atoms with Crippen LogP contribution in [-0.2, 0) is 6.54 Å². The number of para-hydroxylation sites is 1. The zero-order chi connectivity index (χ0) is 12.7. The van der Waals surface area contributed by atoms with Gasteiger partial charge in [0.1, 0.15) is 5.01 Å². The van der Waals surface area contributed by atoms with Crippen LogP contribution in [0.3, 0.4) is 0 Å². The largest absolute Gasteiger partial charge is 0.316 e. The second-order valence-electron chi connectivity index (χ2n) is 5.96. The number of nitrogens with one attached hydrogen (secondary N) is 1. The topological polar surface area (TPSA) is 28.2 Å². The first kappa shape index (κ1) is 17.0. The van der Waals surface area contributed by atoms with Crippen LogP contribution in [0.25, 0.3) is 10.2 Å². The quantitative estimate of drug-likeness (QED) is 0.904. The minimum absolute atomic E-state index is 0. The van der Waals surface area contributed by atoms with Gasteiger partial charge in [0.2, 0.25) is 0 Å². The number of rotatable bonds is 2. The highest BCUT2D eigenvalue weighted by molar-refractivity contribution is 7.18. The second kappa shape index (κ2) is 6.80. The smallest absolute Gasteiger partial charge is 0.108 e. The second-order valence-corrected chi connectivity index (χ2v) is 7.08. The lowest BCUT2D eigenvalue weighted by Gasteiger charge is -2.22. The third-order valence-electron chi connectivity index (χ3n) is 4.55. The maximum atomic E-state index is 4.75.